The van der Waals surface area contributed by atoms with Crippen LogP contribution >= 0.6 is 0 Å². The molecule has 30 heavy (non-hydrogen) atoms. The highest BCUT2D eigenvalue weighted by Crippen LogP contribution is 2.25. The van der Waals surface area contributed by atoms with Crippen LogP contribution in [-0.2, 0) is 10.3 Å². The third-order valence-electron chi connectivity index (χ3n) is 5.80. The standard InChI is InChI=1S/C22H25N5O3/c1-14-3-8-18(23-13-14)24-17-9-11-27(12-10-17)19(28)15-4-6-16(7-5-15)22(2)20(29)25-21(30)26-22/h3-8,13,17H,9-12H2,1-2H3,(H,23,24)(H2,25,26,29,30)/t22-/m1/s1. The van der Waals surface area contributed by atoms with Crippen LogP contribution in [-0.4, -0.2) is 46.9 Å². The zero-order valence-corrected chi connectivity index (χ0v) is 17.1. The van der Waals surface area contributed by atoms with Gasteiger partial charge in [0.2, 0.25) is 0 Å². The van der Waals surface area contributed by atoms with E-state index in [9.17, 15) is 14.4 Å². The highest BCUT2D eigenvalue weighted by molar-refractivity contribution is 6.07. The Morgan fingerprint density at radius 2 is 1.83 bits per heavy atom. The summed E-state index contributed by atoms with van der Waals surface area (Å²) in [5.41, 5.74) is 1.21. The van der Waals surface area contributed by atoms with Crippen molar-refractivity contribution in [1.29, 1.82) is 0 Å². The second-order valence-electron chi connectivity index (χ2n) is 8.04. The number of pyridine rings is 1. The lowest BCUT2D eigenvalue weighted by atomic mass is 9.91. The highest BCUT2D eigenvalue weighted by atomic mass is 16.2. The zero-order chi connectivity index (χ0) is 21.3. The van der Waals surface area contributed by atoms with E-state index in [1.54, 1.807) is 31.2 Å². The average Bonchev–Trinajstić information content (AvgIpc) is 3.02. The number of aryl methyl sites for hydroxylation is 1. The number of aromatic nitrogens is 1. The fourth-order valence-electron chi connectivity index (χ4n) is 3.86. The molecule has 0 spiro atoms. The first-order valence-corrected chi connectivity index (χ1v) is 10.1. The number of nitrogens with zero attached hydrogens (tertiary/aromatic N) is 2. The molecule has 2 aromatic rings. The maximum atomic E-state index is 12.9. The molecule has 3 N–H and O–H groups in total. The van der Waals surface area contributed by atoms with Crippen LogP contribution in [0.15, 0.2) is 42.6 Å². The molecule has 8 nitrogen and oxygen atoms in total. The molecule has 0 unspecified atom stereocenters. The summed E-state index contributed by atoms with van der Waals surface area (Å²) >= 11 is 0. The fourth-order valence-corrected chi connectivity index (χ4v) is 3.86. The van der Waals surface area contributed by atoms with E-state index >= 15 is 0 Å². The summed E-state index contributed by atoms with van der Waals surface area (Å²) in [5, 5.41) is 8.31. The Labute approximate surface area is 175 Å². The Balaban J connectivity index is 1.36. The Kier molecular flexibility index (Phi) is 5.15. The van der Waals surface area contributed by atoms with Crippen molar-refractivity contribution in [2.45, 2.75) is 38.3 Å². The summed E-state index contributed by atoms with van der Waals surface area (Å²) < 4.78 is 0. The number of amides is 4. The molecule has 4 amide bonds. The molecular weight excluding hydrogens is 382 g/mol. The van der Waals surface area contributed by atoms with E-state index in [-0.39, 0.29) is 11.9 Å². The van der Waals surface area contributed by atoms with Crippen molar-refractivity contribution >= 4 is 23.7 Å². The molecule has 3 heterocycles. The van der Waals surface area contributed by atoms with Crippen LogP contribution in [0.25, 0.3) is 0 Å². The van der Waals surface area contributed by atoms with Gasteiger partial charge >= 0.3 is 6.03 Å². The second-order valence-corrected chi connectivity index (χ2v) is 8.04. The molecule has 0 aliphatic carbocycles. The van der Waals surface area contributed by atoms with Crippen molar-refractivity contribution < 1.29 is 14.4 Å². The van der Waals surface area contributed by atoms with Gasteiger partial charge in [-0.1, -0.05) is 18.2 Å². The lowest BCUT2D eigenvalue weighted by molar-refractivity contribution is -0.123. The predicted octanol–water partition coefficient (Wildman–Crippen LogP) is 2.16. The van der Waals surface area contributed by atoms with E-state index in [0.717, 1.165) is 24.2 Å². The maximum absolute atomic E-state index is 12.9. The number of nitrogens with one attached hydrogen (secondary N) is 3. The molecule has 1 atom stereocenters. The van der Waals surface area contributed by atoms with Gasteiger partial charge in [0.1, 0.15) is 11.4 Å². The number of anilines is 1. The number of carbonyl (C=O) groups excluding carboxylic acids is 3. The average molecular weight is 407 g/mol. The summed E-state index contributed by atoms with van der Waals surface area (Å²) in [6.45, 7) is 4.98. The number of hydrogen-bond donors (Lipinski definition) is 3. The van der Waals surface area contributed by atoms with Crippen LogP contribution in [0.3, 0.4) is 0 Å². The normalized spacial score (nSPS) is 21.9. The number of benzene rings is 1. The zero-order valence-electron chi connectivity index (χ0n) is 17.1. The third-order valence-corrected chi connectivity index (χ3v) is 5.80. The summed E-state index contributed by atoms with van der Waals surface area (Å²) in [4.78, 5) is 42.6. The van der Waals surface area contributed by atoms with Crippen LogP contribution in [0, 0.1) is 6.92 Å². The van der Waals surface area contributed by atoms with E-state index in [0.29, 0.717) is 24.2 Å². The quantitative estimate of drug-likeness (QED) is 0.674. The Morgan fingerprint density at radius 3 is 2.40 bits per heavy atom. The molecule has 2 aliphatic rings. The van der Waals surface area contributed by atoms with Crippen molar-refractivity contribution in [3.63, 3.8) is 0 Å². The van der Waals surface area contributed by atoms with Gasteiger partial charge < -0.3 is 15.5 Å². The van der Waals surface area contributed by atoms with Crippen molar-refractivity contribution in [2.24, 2.45) is 0 Å². The minimum absolute atomic E-state index is 0.0291. The van der Waals surface area contributed by atoms with Gasteiger partial charge in [0.05, 0.1) is 0 Å². The van der Waals surface area contributed by atoms with Crippen molar-refractivity contribution in [1.82, 2.24) is 20.5 Å². The summed E-state index contributed by atoms with van der Waals surface area (Å²) in [5.74, 6) is 0.431. The lowest BCUT2D eigenvalue weighted by Gasteiger charge is -2.33. The van der Waals surface area contributed by atoms with E-state index in [1.807, 2.05) is 30.2 Å². The van der Waals surface area contributed by atoms with Gasteiger partial charge in [-0.2, -0.15) is 0 Å². The monoisotopic (exact) mass is 407 g/mol. The lowest BCUT2D eigenvalue weighted by Crippen LogP contribution is -2.42. The first-order chi connectivity index (χ1) is 14.3. The second kappa shape index (κ2) is 7.78. The number of carbonyl (C=O) groups is 3. The van der Waals surface area contributed by atoms with Crippen LogP contribution in [0.4, 0.5) is 10.6 Å². The van der Waals surface area contributed by atoms with Crippen molar-refractivity contribution in [2.75, 3.05) is 18.4 Å². The summed E-state index contributed by atoms with van der Waals surface area (Å²) in [6.07, 6.45) is 3.54. The predicted molar refractivity (Wildman–Crippen MR) is 112 cm³/mol. The van der Waals surface area contributed by atoms with E-state index in [2.05, 4.69) is 20.9 Å². The Morgan fingerprint density at radius 1 is 1.13 bits per heavy atom. The summed E-state index contributed by atoms with van der Waals surface area (Å²) in [6, 6.07) is 10.6. The van der Waals surface area contributed by atoms with Gasteiger partial charge in [0, 0.05) is 30.9 Å². The molecule has 0 bridgehead atoms. The number of urea groups is 1. The Hall–Kier alpha value is -3.42. The fraction of sp³-hybridized carbons (Fsp3) is 0.364. The molecule has 1 aromatic carbocycles. The van der Waals surface area contributed by atoms with E-state index in [1.165, 1.54) is 0 Å². The van der Waals surface area contributed by atoms with Crippen molar-refractivity contribution in [3.05, 3.63) is 59.3 Å². The SMILES string of the molecule is Cc1ccc(NC2CCN(C(=O)c3ccc([C@@]4(C)NC(=O)NC4=O)cc3)CC2)nc1. The largest absolute Gasteiger partial charge is 0.367 e. The molecular formula is C22H25N5O3. The van der Waals surface area contributed by atoms with E-state index in [4.69, 9.17) is 0 Å². The van der Waals surface area contributed by atoms with Crippen LogP contribution in [0.5, 0.6) is 0 Å². The molecule has 0 radical (unpaired) electrons. The number of imide groups is 1. The van der Waals surface area contributed by atoms with Crippen molar-refractivity contribution in [3.8, 4) is 0 Å². The topological polar surface area (TPSA) is 103 Å². The van der Waals surface area contributed by atoms with Crippen LogP contribution in [0.1, 0.15) is 41.3 Å². The molecule has 0 saturated carbocycles. The number of rotatable bonds is 4. The van der Waals surface area contributed by atoms with Crippen LogP contribution < -0.4 is 16.0 Å². The molecule has 8 heteroatoms. The smallest absolute Gasteiger partial charge is 0.322 e. The number of hydrogen-bond acceptors (Lipinski definition) is 5. The van der Waals surface area contributed by atoms with E-state index < -0.39 is 17.5 Å². The van der Waals surface area contributed by atoms with Gasteiger partial charge in [0.25, 0.3) is 11.8 Å². The van der Waals surface area contributed by atoms with Gasteiger partial charge in [-0.3, -0.25) is 14.9 Å². The highest BCUT2D eigenvalue weighted by Gasteiger charge is 2.43. The first-order valence-electron chi connectivity index (χ1n) is 10.1. The van der Waals surface area contributed by atoms with Gasteiger partial charge in [-0.15, -0.1) is 0 Å². The molecule has 4 rings (SSSR count). The number of piperidine rings is 1. The van der Waals surface area contributed by atoms with Gasteiger partial charge in [-0.05, 0) is 56.0 Å². The van der Waals surface area contributed by atoms with Crippen LogP contribution in [0.2, 0.25) is 0 Å². The summed E-state index contributed by atoms with van der Waals surface area (Å²) in [7, 11) is 0. The molecule has 2 aliphatic heterocycles. The molecule has 2 saturated heterocycles. The maximum Gasteiger partial charge on any atom is 0.322 e. The molecule has 1 aromatic heterocycles. The number of likely N-dealkylation sites (tertiary alicyclic amines) is 1. The first kappa shape index (κ1) is 19.9. The third kappa shape index (κ3) is 3.85. The molecule has 2 fully saturated rings. The minimum atomic E-state index is -1.12. The molecule has 156 valence electrons. The van der Waals surface area contributed by atoms with Gasteiger partial charge in [0.15, 0.2) is 0 Å². The van der Waals surface area contributed by atoms with Gasteiger partial charge in [-0.25, -0.2) is 9.78 Å². The minimum Gasteiger partial charge on any atom is -0.367 e. The Bertz CT molecular complexity index is 965.